The van der Waals surface area contributed by atoms with E-state index in [0.29, 0.717) is 0 Å². The average molecular weight is 194 g/mol. The molecule has 1 radical (unpaired) electrons. The zero-order chi connectivity index (χ0) is 9.26. The summed E-state index contributed by atoms with van der Waals surface area (Å²) in [4.78, 5) is 4.08. The first kappa shape index (κ1) is 8.31. The van der Waals surface area contributed by atoms with Gasteiger partial charge in [-0.05, 0) is 6.07 Å². The Bertz CT molecular complexity index is 424. The normalized spacial score (nSPS) is 10.3. The van der Waals surface area contributed by atoms with E-state index in [2.05, 4.69) is 10.5 Å². The topological polar surface area (TPSA) is 31.4 Å². The van der Waals surface area contributed by atoms with Crippen LogP contribution in [0.15, 0.2) is 12.1 Å². The van der Waals surface area contributed by atoms with Crippen LogP contribution in [-0.4, -0.2) is 19.2 Å². The van der Waals surface area contributed by atoms with E-state index in [4.69, 9.17) is 9.47 Å². The minimum absolute atomic E-state index is 0.729. The summed E-state index contributed by atoms with van der Waals surface area (Å²) in [5.41, 5.74) is 3.66. The zero-order valence-electron chi connectivity index (χ0n) is 7.33. The van der Waals surface area contributed by atoms with Crippen LogP contribution < -0.4 is 9.47 Å². The van der Waals surface area contributed by atoms with Gasteiger partial charge in [0.2, 0.25) is 0 Å². The Balaban J connectivity index is 2.70. The van der Waals surface area contributed by atoms with Crippen LogP contribution in [0.1, 0.15) is 0 Å². The average Bonchev–Trinajstić information content (AvgIpc) is 2.63. The predicted octanol–water partition coefficient (Wildman–Crippen LogP) is 2.11. The molecule has 0 N–H and O–H groups in total. The van der Waals surface area contributed by atoms with Gasteiger partial charge < -0.3 is 9.47 Å². The van der Waals surface area contributed by atoms with Crippen molar-refractivity contribution in [1.29, 1.82) is 0 Å². The lowest BCUT2D eigenvalue weighted by molar-refractivity contribution is 0.397. The summed E-state index contributed by atoms with van der Waals surface area (Å²) in [6, 6.07) is 3.74. The molecule has 0 aliphatic rings. The molecule has 0 unspecified atom stereocenters. The Hall–Kier alpha value is -1.29. The zero-order valence-corrected chi connectivity index (χ0v) is 8.14. The van der Waals surface area contributed by atoms with E-state index < -0.39 is 0 Å². The molecule has 13 heavy (non-hydrogen) atoms. The molecule has 2 rings (SSSR count). The molecule has 0 aliphatic heterocycles. The minimum Gasteiger partial charge on any atom is -0.497 e. The molecule has 0 bridgehead atoms. The number of methoxy groups -OCH3 is 2. The third kappa shape index (κ3) is 1.33. The number of hydrogen-bond acceptors (Lipinski definition) is 4. The van der Waals surface area contributed by atoms with Gasteiger partial charge in [-0.3, -0.25) is 0 Å². The SMILES string of the molecule is COc1cc(OC)c2n[c]sc2c1. The monoisotopic (exact) mass is 194 g/mol. The molecule has 0 spiro atoms. The molecule has 1 aromatic carbocycles. The highest BCUT2D eigenvalue weighted by Gasteiger charge is 2.06. The van der Waals surface area contributed by atoms with Crippen molar-refractivity contribution in [2.75, 3.05) is 14.2 Å². The highest BCUT2D eigenvalue weighted by atomic mass is 32.1. The molecule has 1 aromatic heterocycles. The van der Waals surface area contributed by atoms with E-state index in [0.717, 1.165) is 21.7 Å². The third-order valence-corrected chi connectivity index (χ3v) is 2.50. The second kappa shape index (κ2) is 3.22. The lowest BCUT2D eigenvalue weighted by atomic mass is 10.3. The van der Waals surface area contributed by atoms with Crippen molar-refractivity contribution in [3.8, 4) is 11.5 Å². The molecule has 1 heterocycles. The van der Waals surface area contributed by atoms with E-state index in [1.165, 1.54) is 11.3 Å². The summed E-state index contributed by atoms with van der Waals surface area (Å²) in [6.45, 7) is 0. The second-order valence-electron chi connectivity index (χ2n) is 2.48. The van der Waals surface area contributed by atoms with Gasteiger partial charge in [0, 0.05) is 6.07 Å². The molecule has 67 valence electrons. The maximum Gasteiger partial charge on any atom is 0.153 e. The first-order chi connectivity index (χ1) is 6.35. The van der Waals surface area contributed by atoms with Gasteiger partial charge in [-0.15, -0.1) is 11.3 Å². The van der Waals surface area contributed by atoms with Gasteiger partial charge >= 0.3 is 0 Å². The summed E-state index contributed by atoms with van der Waals surface area (Å²) < 4.78 is 11.3. The van der Waals surface area contributed by atoms with E-state index in [1.807, 2.05) is 12.1 Å². The summed E-state index contributed by atoms with van der Waals surface area (Å²) in [7, 11) is 3.25. The van der Waals surface area contributed by atoms with Gasteiger partial charge in [-0.25, -0.2) is 4.98 Å². The molecule has 2 aromatic rings. The quantitative estimate of drug-likeness (QED) is 0.733. The molecule has 0 saturated carbocycles. The maximum atomic E-state index is 5.17. The van der Waals surface area contributed by atoms with Gasteiger partial charge in [-0.2, -0.15) is 0 Å². The van der Waals surface area contributed by atoms with Crippen LogP contribution in [0.5, 0.6) is 11.5 Å². The van der Waals surface area contributed by atoms with Crippen LogP contribution in [0, 0.1) is 5.51 Å². The number of thiazole rings is 1. The summed E-state index contributed by atoms with van der Waals surface area (Å²) in [5.74, 6) is 1.51. The van der Waals surface area contributed by atoms with Crippen molar-refractivity contribution < 1.29 is 9.47 Å². The number of rotatable bonds is 2. The molecule has 0 saturated heterocycles. The number of hydrogen-bond donors (Lipinski definition) is 0. The maximum absolute atomic E-state index is 5.17. The fraction of sp³-hybridized carbons (Fsp3) is 0.222. The first-order valence-electron chi connectivity index (χ1n) is 3.73. The molecule has 0 fully saturated rings. The van der Waals surface area contributed by atoms with Crippen molar-refractivity contribution in [3.05, 3.63) is 17.6 Å². The minimum atomic E-state index is 0.729. The number of fused-ring (bicyclic) bond motifs is 1. The number of ether oxygens (including phenoxy) is 2. The van der Waals surface area contributed by atoms with E-state index in [-0.39, 0.29) is 0 Å². The molecule has 0 atom stereocenters. The standard InChI is InChI=1S/C9H8NO2S/c1-11-6-3-7(12-2)9-8(4-6)13-5-10-9/h3-4H,1-2H3. The summed E-state index contributed by atoms with van der Waals surface area (Å²) in [5, 5.41) is 0. The lowest BCUT2D eigenvalue weighted by Gasteiger charge is -2.03. The van der Waals surface area contributed by atoms with Crippen molar-refractivity contribution in [2.45, 2.75) is 0 Å². The summed E-state index contributed by atoms with van der Waals surface area (Å²) in [6.07, 6.45) is 0. The fourth-order valence-corrected chi connectivity index (χ4v) is 1.79. The van der Waals surface area contributed by atoms with Gasteiger partial charge in [0.15, 0.2) is 5.51 Å². The van der Waals surface area contributed by atoms with E-state index in [9.17, 15) is 0 Å². The molecule has 0 amide bonds. The Kier molecular flexibility index (Phi) is 2.06. The summed E-state index contributed by atoms with van der Waals surface area (Å²) >= 11 is 1.45. The van der Waals surface area contributed by atoms with Crippen molar-refractivity contribution in [2.24, 2.45) is 0 Å². The molecule has 4 heteroatoms. The largest absolute Gasteiger partial charge is 0.497 e. The molecule has 0 aliphatic carbocycles. The van der Waals surface area contributed by atoms with Gasteiger partial charge in [-0.1, -0.05) is 0 Å². The number of nitrogens with zero attached hydrogens (tertiary/aromatic N) is 1. The third-order valence-electron chi connectivity index (χ3n) is 1.78. The highest BCUT2D eigenvalue weighted by Crippen LogP contribution is 2.31. The Morgan fingerprint density at radius 2 is 2.15 bits per heavy atom. The van der Waals surface area contributed by atoms with Gasteiger partial charge in [0.25, 0.3) is 0 Å². The van der Waals surface area contributed by atoms with Crippen LogP contribution in [0.2, 0.25) is 0 Å². The number of aromatic nitrogens is 1. The van der Waals surface area contributed by atoms with E-state index >= 15 is 0 Å². The van der Waals surface area contributed by atoms with Crippen LogP contribution in [0.25, 0.3) is 10.2 Å². The Morgan fingerprint density at radius 3 is 2.85 bits per heavy atom. The molecular formula is C9H8NO2S. The fourth-order valence-electron chi connectivity index (χ4n) is 1.14. The van der Waals surface area contributed by atoms with E-state index in [1.54, 1.807) is 14.2 Å². The van der Waals surface area contributed by atoms with Crippen LogP contribution in [-0.2, 0) is 0 Å². The van der Waals surface area contributed by atoms with Gasteiger partial charge in [0.1, 0.15) is 17.0 Å². The second-order valence-corrected chi connectivity index (χ2v) is 3.31. The van der Waals surface area contributed by atoms with Crippen molar-refractivity contribution in [3.63, 3.8) is 0 Å². The predicted molar refractivity (Wildman–Crippen MR) is 51.6 cm³/mol. The lowest BCUT2D eigenvalue weighted by Crippen LogP contribution is -1.87. The Labute approximate surface area is 79.9 Å². The highest BCUT2D eigenvalue weighted by molar-refractivity contribution is 7.16. The van der Waals surface area contributed by atoms with Crippen LogP contribution in [0.4, 0.5) is 0 Å². The van der Waals surface area contributed by atoms with Crippen molar-refractivity contribution >= 4 is 21.6 Å². The molecule has 3 nitrogen and oxygen atoms in total. The first-order valence-corrected chi connectivity index (χ1v) is 4.55. The van der Waals surface area contributed by atoms with Crippen LogP contribution >= 0.6 is 11.3 Å². The van der Waals surface area contributed by atoms with Gasteiger partial charge in [0.05, 0.1) is 18.9 Å². The smallest absolute Gasteiger partial charge is 0.153 e. The van der Waals surface area contributed by atoms with Crippen molar-refractivity contribution in [1.82, 2.24) is 4.98 Å². The number of benzene rings is 1. The molecular weight excluding hydrogens is 186 g/mol. The van der Waals surface area contributed by atoms with Crippen LogP contribution in [0.3, 0.4) is 0 Å². The Morgan fingerprint density at radius 1 is 1.31 bits per heavy atom.